The number of rotatable bonds is 6. The number of allylic oxidation sites excluding steroid dienone is 1. The Kier molecular flexibility index (Phi) is 5.85. The molecule has 0 aliphatic carbocycles. The SMILES string of the molecule is Cc1cccc(/C=C2\Oc3cc(OCC(=O)OCc4ccccc4)cc(C)c3C2=O)c1. The molecular weight excluding hydrogens is 392 g/mol. The van der Waals surface area contributed by atoms with E-state index in [2.05, 4.69) is 0 Å². The first-order valence-corrected chi connectivity index (χ1v) is 9.97. The van der Waals surface area contributed by atoms with Crippen LogP contribution in [0, 0.1) is 13.8 Å². The van der Waals surface area contributed by atoms with Gasteiger partial charge in [0.25, 0.3) is 0 Å². The number of Topliss-reactive ketones (excluding diaryl/α,β-unsaturated/α-hetero) is 1. The number of ketones is 1. The first-order valence-electron chi connectivity index (χ1n) is 9.97. The van der Waals surface area contributed by atoms with Gasteiger partial charge in [-0.3, -0.25) is 4.79 Å². The molecule has 3 aromatic rings. The molecule has 1 aliphatic rings. The second-order valence-electron chi connectivity index (χ2n) is 7.40. The fourth-order valence-corrected chi connectivity index (χ4v) is 3.39. The van der Waals surface area contributed by atoms with Crippen molar-refractivity contribution in [2.75, 3.05) is 6.61 Å². The maximum absolute atomic E-state index is 12.8. The molecule has 0 saturated heterocycles. The average Bonchev–Trinajstić information content (AvgIpc) is 3.07. The zero-order chi connectivity index (χ0) is 21.8. The largest absolute Gasteiger partial charge is 0.482 e. The molecular formula is C26H22O5. The highest BCUT2D eigenvalue weighted by atomic mass is 16.6. The number of benzene rings is 3. The number of hydrogen-bond acceptors (Lipinski definition) is 5. The van der Waals surface area contributed by atoms with Gasteiger partial charge in [-0.25, -0.2) is 4.79 Å². The monoisotopic (exact) mass is 414 g/mol. The fraction of sp³-hybridized carbons (Fsp3) is 0.154. The third-order valence-corrected chi connectivity index (χ3v) is 4.88. The van der Waals surface area contributed by atoms with Gasteiger partial charge in [-0.15, -0.1) is 0 Å². The van der Waals surface area contributed by atoms with E-state index in [-0.39, 0.29) is 24.8 Å². The van der Waals surface area contributed by atoms with Crippen LogP contribution in [0.4, 0.5) is 0 Å². The Balaban J connectivity index is 1.42. The lowest BCUT2D eigenvalue weighted by molar-refractivity contribution is -0.147. The summed E-state index contributed by atoms with van der Waals surface area (Å²) in [7, 11) is 0. The van der Waals surface area contributed by atoms with Crippen molar-refractivity contribution in [3.05, 3.63) is 100 Å². The summed E-state index contributed by atoms with van der Waals surface area (Å²) in [4.78, 5) is 24.8. The van der Waals surface area contributed by atoms with E-state index in [0.29, 0.717) is 17.1 Å². The van der Waals surface area contributed by atoms with Crippen LogP contribution >= 0.6 is 0 Å². The highest BCUT2D eigenvalue weighted by Crippen LogP contribution is 2.37. The highest BCUT2D eigenvalue weighted by Gasteiger charge is 2.30. The van der Waals surface area contributed by atoms with Crippen molar-refractivity contribution in [1.82, 2.24) is 0 Å². The van der Waals surface area contributed by atoms with Gasteiger partial charge in [0, 0.05) is 6.07 Å². The maximum Gasteiger partial charge on any atom is 0.344 e. The molecule has 0 saturated carbocycles. The molecule has 0 radical (unpaired) electrons. The van der Waals surface area contributed by atoms with Gasteiger partial charge in [0.1, 0.15) is 18.1 Å². The van der Waals surface area contributed by atoms with Crippen LogP contribution in [0.25, 0.3) is 6.08 Å². The number of fused-ring (bicyclic) bond motifs is 1. The van der Waals surface area contributed by atoms with E-state index >= 15 is 0 Å². The molecule has 3 aromatic carbocycles. The molecule has 0 atom stereocenters. The number of ether oxygens (including phenoxy) is 3. The number of carbonyl (C=O) groups excluding carboxylic acids is 2. The molecule has 31 heavy (non-hydrogen) atoms. The van der Waals surface area contributed by atoms with Gasteiger partial charge >= 0.3 is 5.97 Å². The van der Waals surface area contributed by atoms with E-state index in [4.69, 9.17) is 14.2 Å². The minimum Gasteiger partial charge on any atom is -0.482 e. The minimum atomic E-state index is -0.473. The number of carbonyl (C=O) groups is 2. The molecule has 0 N–H and O–H groups in total. The van der Waals surface area contributed by atoms with Crippen LogP contribution in [-0.4, -0.2) is 18.4 Å². The second-order valence-corrected chi connectivity index (χ2v) is 7.40. The first-order chi connectivity index (χ1) is 15.0. The Hall–Kier alpha value is -3.86. The smallest absolute Gasteiger partial charge is 0.344 e. The van der Waals surface area contributed by atoms with Crippen molar-refractivity contribution in [3.63, 3.8) is 0 Å². The van der Waals surface area contributed by atoms with E-state index in [9.17, 15) is 9.59 Å². The van der Waals surface area contributed by atoms with Crippen molar-refractivity contribution < 1.29 is 23.8 Å². The Morgan fingerprint density at radius 3 is 2.58 bits per heavy atom. The molecule has 4 rings (SSSR count). The van der Waals surface area contributed by atoms with Crippen LogP contribution in [0.15, 0.2) is 72.5 Å². The lowest BCUT2D eigenvalue weighted by Crippen LogP contribution is -2.14. The summed E-state index contributed by atoms with van der Waals surface area (Å²) in [5.41, 5.74) is 4.14. The standard InChI is InChI=1S/C26H22O5/c1-17-7-6-10-20(11-17)13-23-26(28)25-18(2)12-21(14-22(25)31-23)29-16-24(27)30-15-19-8-4-3-5-9-19/h3-14H,15-16H2,1-2H3/b23-13-. The summed E-state index contributed by atoms with van der Waals surface area (Å²) < 4.78 is 16.6. The highest BCUT2D eigenvalue weighted by molar-refractivity contribution is 6.15. The quantitative estimate of drug-likeness (QED) is 0.418. The van der Waals surface area contributed by atoms with Gasteiger partial charge in [-0.05, 0) is 42.7 Å². The number of aryl methyl sites for hydroxylation is 2. The summed E-state index contributed by atoms with van der Waals surface area (Å²) in [6.45, 7) is 3.77. The third kappa shape index (κ3) is 4.83. The fourth-order valence-electron chi connectivity index (χ4n) is 3.39. The van der Waals surface area contributed by atoms with E-state index < -0.39 is 5.97 Å². The minimum absolute atomic E-state index is 0.164. The van der Waals surface area contributed by atoms with Crippen molar-refractivity contribution in [2.45, 2.75) is 20.5 Å². The van der Waals surface area contributed by atoms with Crippen molar-refractivity contribution in [2.24, 2.45) is 0 Å². The molecule has 0 aromatic heterocycles. The summed E-state index contributed by atoms with van der Waals surface area (Å²) in [6, 6.07) is 20.6. The second kappa shape index (κ2) is 8.88. The number of esters is 1. The van der Waals surface area contributed by atoms with Crippen LogP contribution < -0.4 is 9.47 Å². The molecule has 0 amide bonds. The van der Waals surface area contributed by atoms with Gasteiger partial charge in [0.15, 0.2) is 12.4 Å². The van der Waals surface area contributed by atoms with E-state index in [1.807, 2.05) is 68.4 Å². The van der Waals surface area contributed by atoms with Crippen molar-refractivity contribution in [3.8, 4) is 11.5 Å². The van der Waals surface area contributed by atoms with Crippen LogP contribution in [0.3, 0.4) is 0 Å². The summed E-state index contributed by atoms with van der Waals surface area (Å²) in [5, 5.41) is 0. The third-order valence-electron chi connectivity index (χ3n) is 4.88. The van der Waals surface area contributed by atoms with Gasteiger partial charge in [0.2, 0.25) is 5.78 Å². The average molecular weight is 414 g/mol. The van der Waals surface area contributed by atoms with E-state index in [1.54, 1.807) is 18.2 Å². The van der Waals surface area contributed by atoms with Crippen molar-refractivity contribution >= 4 is 17.8 Å². The molecule has 5 heteroatoms. The molecule has 5 nitrogen and oxygen atoms in total. The Morgan fingerprint density at radius 1 is 1.00 bits per heavy atom. The Bertz CT molecular complexity index is 1160. The van der Waals surface area contributed by atoms with Gasteiger partial charge in [-0.2, -0.15) is 0 Å². The van der Waals surface area contributed by atoms with Crippen LogP contribution in [0.1, 0.15) is 32.6 Å². The molecule has 0 spiro atoms. The Labute approximate surface area is 180 Å². The maximum atomic E-state index is 12.8. The van der Waals surface area contributed by atoms with E-state index in [0.717, 1.165) is 22.3 Å². The zero-order valence-electron chi connectivity index (χ0n) is 17.4. The van der Waals surface area contributed by atoms with Gasteiger partial charge in [0.05, 0.1) is 5.56 Å². The molecule has 156 valence electrons. The van der Waals surface area contributed by atoms with Crippen molar-refractivity contribution in [1.29, 1.82) is 0 Å². The molecule has 1 aliphatic heterocycles. The molecule has 0 fully saturated rings. The zero-order valence-corrected chi connectivity index (χ0v) is 17.4. The normalized spacial score (nSPS) is 13.6. The molecule has 0 unspecified atom stereocenters. The van der Waals surface area contributed by atoms with Gasteiger partial charge < -0.3 is 14.2 Å². The van der Waals surface area contributed by atoms with Crippen LogP contribution in [0.5, 0.6) is 11.5 Å². The molecule has 0 bridgehead atoms. The number of hydrogen-bond donors (Lipinski definition) is 0. The topological polar surface area (TPSA) is 61.8 Å². The predicted molar refractivity (Wildman–Crippen MR) is 117 cm³/mol. The summed E-state index contributed by atoms with van der Waals surface area (Å²) >= 11 is 0. The lowest BCUT2D eigenvalue weighted by atomic mass is 10.0. The first kappa shape index (κ1) is 20.4. The van der Waals surface area contributed by atoms with Gasteiger partial charge in [-0.1, -0.05) is 60.2 Å². The molecule has 1 heterocycles. The summed E-state index contributed by atoms with van der Waals surface area (Å²) in [5.74, 6) is 0.499. The van der Waals surface area contributed by atoms with E-state index in [1.165, 1.54) is 0 Å². The predicted octanol–water partition coefficient (Wildman–Crippen LogP) is 5.04. The van der Waals surface area contributed by atoms with Crippen LogP contribution in [-0.2, 0) is 16.1 Å². The van der Waals surface area contributed by atoms with Crippen LogP contribution in [0.2, 0.25) is 0 Å². The summed E-state index contributed by atoms with van der Waals surface area (Å²) in [6.07, 6.45) is 1.73. The Morgan fingerprint density at radius 2 is 1.81 bits per heavy atom. The lowest BCUT2D eigenvalue weighted by Gasteiger charge is -2.09.